The Hall–Kier alpha value is -3.02. The summed E-state index contributed by atoms with van der Waals surface area (Å²) in [5.41, 5.74) is 4.10. The summed E-state index contributed by atoms with van der Waals surface area (Å²) in [5, 5.41) is 4.04. The zero-order chi connectivity index (χ0) is 17.4. The third kappa shape index (κ3) is 2.80. The van der Waals surface area contributed by atoms with E-state index in [0.717, 1.165) is 16.8 Å². The number of anilines is 1. The Kier molecular flexibility index (Phi) is 3.80. The van der Waals surface area contributed by atoms with Gasteiger partial charge in [-0.05, 0) is 43.2 Å². The van der Waals surface area contributed by atoms with E-state index in [0.29, 0.717) is 24.7 Å². The Morgan fingerprint density at radius 1 is 1.16 bits per heavy atom. The van der Waals surface area contributed by atoms with E-state index in [1.807, 2.05) is 36.1 Å². The number of amides is 1. The van der Waals surface area contributed by atoms with Crippen LogP contribution in [0.25, 0.3) is 11.4 Å². The molecule has 1 aliphatic rings. The molecule has 1 unspecified atom stereocenters. The first-order chi connectivity index (χ1) is 12.1. The predicted molar refractivity (Wildman–Crippen MR) is 93.2 cm³/mol. The van der Waals surface area contributed by atoms with Gasteiger partial charge in [-0.15, -0.1) is 0 Å². The largest absolute Gasteiger partial charge is 0.339 e. The average molecular weight is 334 g/mol. The first kappa shape index (κ1) is 15.5. The average Bonchev–Trinajstić information content (AvgIpc) is 3.25. The molecule has 0 saturated carbocycles. The van der Waals surface area contributed by atoms with Gasteiger partial charge in [0, 0.05) is 36.6 Å². The summed E-state index contributed by atoms with van der Waals surface area (Å²) >= 11 is 0. The first-order valence-electron chi connectivity index (χ1n) is 8.24. The lowest BCUT2D eigenvalue weighted by molar-refractivity contribution is -0.117. The Labute approximate surface area is 145 Å². The highest BCUT2D eigenvalue weighted by Gasteiger charge is 2.35. The van der Waals surface area contributed by atoms with Crippen molar-refractivity contribution >= 4 is 11.6 Å². The molecule has 0 N–H and O–H groups in total. The van der Waals surface area contributed by atoms with E-state index in [1.54, 1.807) is 12.4 Å². The highest BCUT2D eigenvalue weighted by atomic mass is 16.5. The van der Waals surface area contributed by atoms with Crippen LogP contribution in [0.5, 0.6) is 0 Å². The maximum atomic E-state index is 12.5. The van der Waals surface area contributed by atoms with Gasteiger partial charge in [0.05, 0.1) is 5.92 Å². The van der Waals surface area contributed by atoms with Crippen LogP contribution in [0, 0.1) is 13.8 Å². The Morgan fingerprint density at radius 3 is 2.76 bits per heavy atom. The second kappa shape index (κ2) is 6.12. The summed E-state index contributed by atoms with van der Waals surface area (Å²) in [7, 11) is 0. The normalized spacial score (nSPS) is 17.3. The summed E-state index contributed by atoms with van der Waals surface area (Å²) < 4.78 is 5.43. The number of hydrogen-bond acceptors (Lipinski definition) is 5. The van der Waals surface area contributed by atoms with Crippen molar-refractivity contribution in [3.8, 4) is 11.4 Å². The van der Waals surface area contributed by atoms with Crippen molar-refractivity contribution in [2.24, 2.45) is 0 Å². The fourth-order valence-corrected chi connectivity index (χ4v) is 3.15. The summed E-state index contributed by atoms with van der Waals surface area (Å²) in [6.07, 6.45) is 3.75. The molecule has 0 radical (unpaired) electrons. The molecule has 0 bridgehead atoms. The summed E-state index contributed by atoms with van der Waals surface area (Å²) in [4.78, 5) is 22.8. The molecule has 6 heteroatoms. The molecular formula is C19H18N4O2. The molecule has 0 spiro atoms. The van der Waals surface area contributed by atoms with Gasteiger partial charge in [-0.25, -0.2) is 0 Å². The fourth-order valence-electron chi connectivity index (χ4n) is 3.15. The fraction of sp³-hybridized carbons (Fsp3) is 0.263. The van der Waals surface area contributed by atoms with E-state index in [-0.39, 0.29) is 11.8 Å². The van der Waals surface area contributed by atoms with Crippen LogP contribution in [0.3, 0.4) is 0 Å². The van der Waals surface area contributed by atoms with Crippen molar-refractivity contribution in [1.82, 2.24) is 15.1 Å². The van der Waals surface area contributed by atoms with Crippen LogP contribution < -0.4 is 4.90 Å². The van der Waals surface area contributed by atoms with Gasteiger partial charge < -0.3 is 9.42 Å². The van der Waals surface area contributed by atoms with Gasteiger partial charge in [0.15, 0.2) is 0 Å². The van der Waals surface area contributed by atoms with Crippen molar-refractivity contribution in [2.75, 3.05) is 11.4 Å². The lowest BCUT2D eigenvalue weighted by Gasteiger charge is -2.19. The third-order valence-electron chi connectivity index (χ3n) is 4.72. The molecule has 1 aromatic carbocycles. The van der Waals surface area contributed by atoms with Crippen molar-refractivity contribution in [3.05, 3.63) is 59.7 Å². The van der Waals surface area contributed by atoms with Gasteiger partial charge in [-0.1, -0.05) is 17.3 Å². The number of aromatic nitrogens is 3. The minimum absolute atomic E-state index is 0.0855. The van der Waals surface area contributed by atoms with Crippen LogP contribution in [0.15, 0.2) is 47.2 Å². The molecule has 4 rings (SSSR count). The van der Waals surface area contributed by atoms with Crippen molar-refractivity contribution in [1.29, 1.82) is 0 Å². The molecule has 6 nitrogen and oxygen atoms in total. The molecule has 126 valence electrons. The highest BCUT2D eigenvalue weighted by Crippen LogP contribution is 2.34. The van der Waals surface area contributed by atoms with Gasteiger partial charge in [0.1, 0.15) is 0 Å². The molecule has 1 amide bonds. The van der Waals surface area contributed by atoms with Crippen molar-refractivity contribution < 1.29 is 9.32 Å². The number of hydrogen-bond donors (Lipinski definition) is 0. The van der Waals surface area contributed by atoms with Gasteiger partial charge in [-0.3, -0.25) is 9.78 Å². The molecule has 25 heavy (non-hydrogen) atoms. The highest BCUT2D eigenvalue weighted by molar-refractivity contribution is 5.97. The number of carbonyl (C=O) groups is 1. The molecular weight excluding hydrogens is 316 g/mol. The Balaban J connectivity index is 1.59. The number of aryl methyl sites for hydroxylation is 1. The van der Waals surface area contributed by atoms with Crippen LogP contribution in [-0.2, 0) is 4.79 Å². The number of benzene rings is 1. The van der Waals surface area contributed by atoms with Gasteiger partial charge in [-0.2, -0.15) is 4.98 Å². The quantitative estimate of drug-likeness (QED) is 0.735. The minimum atomic E-state index is -0.0875. The molecule has 1 saturated heterocycles. The summed E-state index contributed by atoms with van der Waals surface area (Å²) in [5.74, 6) is 1.03. The third-order valence-corrected chi connectivity index (χ3v) is 4.72. The molecule has 3 aromatic rings. The molecule has 1 aliphatic heterocycles. The number of rotatable bonds is 3. The Morgan fingerprint density at radius 2 is 1.96 bits per heavy atom. The van der Waals surface area contributed by atoms with E-state index in [2.05, 4.69) is 28.1 Å². The number of pyridine rings is 1. The monoisotopic (exact) mass is 334 g/mol. The smallest absolute Gasteiger partial charge is 0.232 e. The van der Waals surface area contributed by atoms with Crippen molar-refractivity contribution in [2.45, 2.75) is 26.2 Å². The van der Waals surface area contributed by atoms with Crippen LogP contribution >= 0.6 is 0 Å². The van der Waals surface area contributed by atoms with Crippen LogP contribution in [0.2, 0.25) is 0 Å². The predicted octanol–water partition coefficient (Wildman–Crippen LogP) is 3.27. The van der Waals surface area contributed by atoms with E-state index in [9.17, 15) is 4.79 Å². The molecule has 0 aliphatic carbocycles. The summed E-state index contributed by atoms with van der Waals surface area (Å²) in [6.45, 7) is 4.65. The van der Waals surface area contributed by atoms with E-state index < -0.39 is 0 Å². The lowest BCUT2D eigenvalue weighted by Crippen LogP contribution is -2.25. The lowest BCUT2D eigenvalue weighted by atomic mass is 10.1. The maximum absolute atomic E-state index is 12.5. The second-order valence-corrected chi connectivity index (χ2v) is 6.32. The van der Waals surface area contributed by atoms with Gasteiger partial charge in [0.2, 0.25) is 17.6 Å². The van der Waals surface area contributed by atoms with Crippen molar-refractivity contribution in [3.63, 3.8) is 0 Å². The molecule has 1 fully saturated rings. The Bertz CT molecular complexity index is 920. The SMILES string of the molecule is Cc1cccc(N2CC(c3nc(-c4ccncc4)no3)CC2=O)c1C. The minimum Gasteiger partial charge on any atom is -0.339 e. The molecule has 1 atom stereocenters. The van der Waals surface area contributed by atoms with Crippen LogP contribution in [0.4, 0.5) is 5.69 Å². The van der Waals surface area contributed by atoms with Gasteiger partial charge >= 0.3 is 0 Å². The first-order valence-corrected chi connectivity index (χ1v) is 8.24. The molecule has 3 heterocycles. The zero-order valence-electron chi connectivity index (χ0n) is 14.1. The topological polar surface area (TPSA) is 72.1 Å². The van der Waals surface area contributed by atoms with E-state index in [1.165, 1.54) is 5.56 Å². The molecule has 2 aromatic heterocycles. The van der Waals surface area contributed by atoms with Crippen LogP contribution in [0.1, 0.15) is 29.4 Å². The standard InChI is InChI=1S/C19H18N4O2/c1-12-4-3-5-16(13(12)2)23-11-15(10-17(23)24)19-21-18(22-25-19)14-6-8-20-9-7-14/h3-9,15H,10-11H2,1-2H3. The van der Waals surface area contributed by atoms with E-state index in [4.69, 9.17) is 4.52 Å². The maximum Gasteiger partial charge on any atom is 0.232 e. The summed E-state index contributed by atoms with van der Waals surface area (Å²) in [6, 6.07) is 9.68. The number of nitrogens with zero attached hydrogens (tertiary/aromatic N) is 4. The van der Waals surface area contributed by atoms with Gasteiger partial charge in [0.25, 0.3) is 0 Å². The number of carbonyl (C=O) groups excluding carboxylic acids is 1. The van der Waals surface area contributed by atoms with Crippen LogP contribution in [-0.4, -0.2) is 27.6 Å². The zero-order valence-corrected chi connectivity index (χ0v) is 14.1. The van der Waals surface area contributed by atoms with E-state index >= 15 is 0 Å². The second-order valence-electron chi connectivity index (χ2n) is 6.32.